The standard InChI is InChI=1S/C20H22N2O3S/c1-14-4-2-6-16(21-14)10-25-18-9-20(26-11-18)12-22(13-20)19(24)15-5-3-7-17(23)8-15/h2-8,18,23H,9-13H2,1H3/t18-/m0/s1. The first kappa shape index (κ1) is 17.4. The van der Waals surface area contributed by atoms with Gasteiger partial charge in [-0.2, -0.15) is 0 Å². The number of hydrogen-bond acceptors (Lipinski definition) is 5. The fourth-order valence-corrected chi connectivity index (χ4v) is 5.18. The minimum absolute atomic E-state index is 0.0135. The van der Waals surface area contributed by atoms with Gasteiger partial charge in [0.05, 0.1) is 23.2 Å². The van der Waals surface area contributed by atoms with E-state index in [1.165, 1.54) is 6.07 Å². The summed E-state index contributed by atoms with van der Waals surface area (Å²) >= 11 is 1.91. The molecule has 2 aliphatic heterocycles. The molecule has 2 aliphatic rings. The van der Waals surface area contributed by atoms with Crippen molar-refractivity contribution in [2.75, 3.05) is 18.8 Å². The number of amides is 1. The zero-order chi connectivity index (χ0) is 18.1. The molecule has 1 aromatic heterocycles. The molecule has 26 heavy (non-hydrogen) atoms. The average molecular weight is 370 g/mol. The highest BCUT2D eigenvalue weighted by atomic mass is 32.2. The lowest BCUT2D eigenvalue weighted by atomic mass is 9.92. The van der Waals surface area contributed by atoms with Crippen molar-refractivity contribution in [2.24, 2.45) is 0 Å². The molecule has 2 saturated heterocycles. The van der Waals surface area contributed by atoms with Crippen molar-refractivity contribution < 1.29 is 14.6 Å². The third kappa shape index (κ3) is 3.57. The summed E-state index contributed by atoms with van der Waals surface area (Å²) in [7, 11) is 0. The van der Waals surface area contributed by atoms with Crippen LogP contribution in [-0.4, -0.2) is 50.6 Å². The van der Waals surface area contributed by atoms with Gasteiger partial charge in [-0.05, 0) is 43.7 Å². The molecule has 1 spiro atoms. The zero-order valence-electron chi connectivity index (χ0n) is 14.7. The number of aryl methyl sites for hydroxylation is 1. The highest BCUT2D eigenvalue weighted by Crippen LogP contribution is 2.46. The maximum atomic E-state index is 12.5. The van der Waals surface area contributed by atoms with E-state index in [0.717, 1.165) is 36.7 Å². The molecule has 2 aromatic rings. The molecule has 0 radical (unpaired) electrons. The molecule has 1 amide bonds. The Morgan fingerprint density at radius 1 is 1.35 bits per heavy atom. The van der Waals surface area contributed by atoms with Crippen LogP contribution in [0.1, 0.15) is 28.2 Å². The Balaban J connectivity index is 1.29. The predicted molar refractivity (Wildman–Crippen MR) is 101 cm³/mol. The van der Waals surface area contributed by atoms with E-state index in [1.54, 1.807) is 18.2 Å². The summed E-state index contributed by atoms with van der Waals surface area (Å²) in [6.07, 6.45) is 1.17. The fraction of sp³-hybridized carbons (Fsp3) is 0.400. The van der Waals surface area contributed by atoms with Gasteiger partial charge < -0.3 is 14.7 Å². The molecule has 1 aromatic carbocycles. The molecule has 1 N–H and O–H groups in total. The van der Waals surface area contributed by atoms with Gasteiger partial charge in [0.15, 0.2) is 0 Å². The number of phenols is 1. The minimum Gasteiger partial charge on any atom is -0.508 e. The van der Waals surface area contributed by atoms with Crippen LogP contribution in [-0.2, 0) is 11.3 Å². The van der Waals surface area contributed by atoms with Crippen LogP contribution in [0.4, 0.5) is 0 Å². The van der Waals surface area contributed by atoms with Crippen LogP contribution in [0.3, 0.4) is 0 Å². The number of ether oxygens (including phenoxy) is 1. The molecule has 136 valence electrons. The Hall–Kier alpha value is -2.05. The zero-order valence-corrected chi connectivity index (χ0v) is 15.5. The van der Waals surface area contributed by atoms with E-state index in [4.69, 9.17) is 4.74 Å². The number of nitrogens with zero attached hydrogens (tertiary/aromatic N) is 2. The first-order chi connectivity index (χ1) is 12.5. The molecular weight excluding hydrogens is 348 g/mol. The number of aromatic nitrogens is 1. The summed E-state index contributed by atoms with van der Waals surface area (Å²) in [4.78, 5) is 18.8. The van der Waals surface area contributed by atoms with Crippen LogP contribution < -0.4 is 0 Å². The van der Waals surface area contributed by atoms with Crippen molar-refractivity contribution in [3.63, 3.8) is 0 Å². The monoisotopic (exact) mass is 370 g/mol. The average Bonchev–Trinajstić information content (AvgIpc) is 3.03. The van der Waals surface area contributed by atoms with Gasteiger partial charge in [0, 0.05) is 30.1 Å². The second-order valence-electron chi connectivity index (χ2n) is 7.11. The highest BCUT2D eigenvalue weighted by Gasteiger charge is 2.51. The lowest BCUT2D eigenvalue weighted by Gasteiger charge is -2.47. The van der Waals surface area contributed by atoms with E-state index in [9.17, 15) is 9.90 Å². The van der Waals surface area contributed by atoms with E-state index in [1.807, 2.05) is 41.8 Å². The van der Waals surface area contributed by atoms with Crippen molar-refractivity contribution in [2.45, 2.75) is 30.8 Å². The summed E-state index contributed by atoms with van der Waals surface area (Å²) in [5.74, 6) is 1.07. The predicted octanol–water partition coefficient (Wildman–Crippen LogP) is 3.01. The largest absolute Gasteiger partial charge is 0.508 e. The van der Waals surface area contributed by atoms with E-state index >= 15 is 0 Å². The summed E-state index contributed by atoms with van der Waals surface area (Å²) in [6.45, 7) is 4.01. The Morgan fingerprint density at radius 2 is 2.15 bits per heavy atom. The highest BCUT2D eigenvalue weighted by molar-refractivity contribution is 8.01. The Kier molecular flexibility index (Phi) is 4.63. The summed E-state index contributed by atoms with van der Waals surface area (Å²) < 4.78 is 6.17. The van der Waals surface area contributed by atoms with Gasteiger partial charge in [0.1, 0.15) is 5.75 Å². The molecule has 2 fully saturated rings. The summed E-state index contributed by atoms with van der Waals surface area (Å²) in [6, 6.07) is 12.5. The topological polar surface area (TPSA) is 62.7 Å². The third-order valence-electron chi connectivity index (χ3n) is 4.93. The van der Waals surface area contributed by atoms with Crippen molar-refractivity contribution in [1.29, 1.82) is 0 Å². The number of hydrogen-bond donors (Lipinski definition) is 1. The van der Waals surface area contributed by atoms with Crippen LogP contribution in [0.25, 0.3) is 0 Å². The van der Waals surface area contributed by atoms with E-state index in [2.05, 4.69) is 4.98 Å². The number of phenolic OH excluding ortho intramolecular Hbond substituents is 1. The van der Waals surface area contributed by atoms with Crippen molar-refractivity contribution in [3.05, 3.63) is 59.4 Å². The van der Waals surface area contributed by atoms with Gasteiger partial charge in [0.2, 0.25) is 0 Å². The van der Waals surface area contributed by atoms with Crippen molar-refractivity contribution in [3.8, 4) is 5.75 Å². The number of carbonyl (C=O) groups excluding carboxylic acids is 1. The lowest BCUT2D eigenvalue weighted by molar-refractivity contribution is 0.0245. The van der Waals surface area contributed by atoms with Gasteiger partial charge in [-0.15, -0.1) is 11.8 Å². The van der Waals surface area contributed by atoms with E-state index < -0.39 is 0 Å². The van der Waals surface area contributed by atoms with Gasteiger partial charge in [-0.3, -0.25) is 9.78 Å². The third-order valence-corrected chi connectivity index (χ3v) is 6.50. The fourth-order valence-electron chi connectivity index (χ4n) is 3.63. The molecule has 0 saturated carbocycles. The van der Waals surface area contributed by atoms with Crippen LogP contribution in [0.15, 0.2) is 42.5 Å². The van der Waals surface area contributed by atoms with Crippen molar-refractivity contribution >= 4 is 17.7 Å². The first-order valence-corrected chi connectivity index (χ1v) is 9.78. The Labute approximate surface area is 157 Å². The van der Waals surface area contributed by atoms with Crippen molar-refractivity contribution in [1.82, 2.24) is 9.88 Å². The Morgan fingerprint density at radius 3 is 2.92 bits per heavy atom. The number of benzene rings is 1. The summed E-state index contributed by atoms with van der Waals surface area (Å²) in [5.41, 5.74) is 2.51. The Bertz CT molecular complexity index is 820. The molecule has 0 aliphatic carbocycles. The van der Waals surface area contributed by atoms with Gasteiger partial charge >= 0.3 is 0 Å². The van der Waals surface area contributed by atoms with Crippen LogP contribution in [0.5, 0.6) is 5.75 Å². The number of thioether (sulfide) groups is 1. The van der Waals surface area contributed by atoms with Crippen LogP contribution in [0, 0.1) is 6.92 Å². The second-order valence-corrected chi connectivity index (χ2v) is 8.60. The molecule has 5 nitrogen and oxygen atoms in total. The van der Waals surface area contributed by atoms with Crippen LogP contribution in [0.2, 0.25) is 0 Å². The normalized spacial score (nSPS) is 21.0. The lowest BCUT2D eigenvalue weighted by Crippen LogP contribution is -2.60. The number of aromatic hydroxyl groups is 1. The van der Waals surface area contributed by atoms with Gasteiger partial charge in [-0.25, -0.2) is 0 Å². The SMILES string of the molecule is Cc1cccc(CO[C@@H]2CSC3(C2)CN(C(=O)c2cccc(O)c2)C3)n1. The molecular formula is C20H22N2O3S. The molecule has 6 heteroatoms. The summed E-state index contributed by atoms with van der Waals surface area (Å²) in [5, 5.41) is 9.55. The maximum Gasteiger partial charge on any atom is 0.254 e. The van der Waals surface area contributed by atoms with E-state index in [0.29, 0.717) is 12.2 Å². The van der Waals surface area contributed by atoms with Gasteiger partial charge in [0.25, 0.3) is 5.91 Å². The quantitative estimate of drug-likeness (QED) is 0.896. The molecule has 1 atom stereocenters. The number of rotatable bonds is 4. The number of likely N-dealkylation sites (tertiary alicyclic amines) is 1. The van der Waals surface area contributed by atoms with Crippen LogP contribution >= 0.6 is 11.8 Å². The molecule has 0 unspecified atom stereocenters. The van der Waals surface area contributed by atoms with Gasteiger partial charge in [-0.1, -0.05) is 12.1 Å². The first-order valence-electron chi connectivity index (χ1n) is 8.79. The maximum absolute atomic E-state index is 12.5. The van der Waals surface area contributed by atoms with E-state index in [-0.39, 0.29) is 22.5 Å². The minimum atomic E-state index is -0.0135. The number of pyridine rings is 1. The number of carbonyl (C=O) groups is 1. The molecule has 4 rings (SSSR count). The smallest absolute Gasteiger partial charge is 0.254 e. The molecule has 0 bridgehead atoms. The second kappa shape index (κ2) is 6.93. The molecule has 3 heterocycles.